The number of nitrogens with one attached hydrogen (secondary N) is 1. The molecule has 0 fully saturated rings. The number of carbonyl (C=O) groups excluding carboxylic acids is 4. The molecule has 4 aromatic heterocycles. The predicted octanol–water partition coefficient (Wildman–Crippen LogP) is 9.67. The Bertz CT molecular complexity index is 3260. The summed E-state index contributed by atoms with van der Waals surface area (Å²) in [6, 6.07) is 32.1. The van der Waals surface area contributed by atoms with Gasteiger partial charge in [-0.1, -0.05) is 79.4 Å². The number of rotatable bonds is 13. The average Bonchev–Trinajstić information content (AvgIpc) is 4.13. The second kappa shape index (κ2) is 17.7. The van der Waals surface area contributed by atoms with Crippen LogP contribution in [-0.4, -0.2) is 73.1 Å². The number of aryl methyl sites for hydroxylation is 3. The van der Waals surface area contributed by atoms with E-state index < -0.39 is 0 Å². The first-order valence-electron chi connectivity index (χ1n) is 21.6. The van der Waals surface area contributed by atoms with Gasteiger partial charge >= 0.3 is 0 Å². The van der Waals surface area contributed by atoms with Gasteiger partial charge < -0.3 is 29.3 Å². The number of ketones is 4. The highest BCUT2D eigenvalue weighted by molar-refractivity contribution is 8.02. The quantitative estimate of drug-likeness (QED) is 0.0873. The lowest BCUT2D eigenvalue weighted by molar-refractivity contribution is -0.121. The topological polar surface area (TPSA) is 128 Å². The third-order valence-electron chi connectivity index (χ3n) is 12.2. The Morgan fingerprint density at radius 2 is 1.05 bits per heavy atom. The highest BCUT2D eigenvalue weighted by Crippen LogP contribution is 2.43. The maximum absolute atomic E-state index is 13.2. The zero-order chi connectivity index (χ0) is 44.6. The Balaban J connectivity index is 0.000000162. The molecule has 10 nitrogen and oxygen atoms in total. The molecule has 0 atom stereocenters. The summed E-state index contributed by atoms with van der Waals surface area (Å²) in [5.41, 5.74) is 15.3. The molecule has 4 aromatic carbocycles. The van der Waals surface area contributed by atoms with E-state index in [1.807, 2.05) is 115 Å². The van der Waals surface area contributed by atoms with Crippen LogP contribution in [0.15, 0.2) is 133 Å². The van der Waals surface area contributed by atoms with Crippen molar-refractivity contribution in [3.05, 3.63) is 156 Å². The standard InChI is InChI=1S/C27H25N3O2S.C26H25N3O2/c1-17(28)33-13-7-12-30-16-21(19-9-4-6-11-23(19)30)27-25(32)14-24(31)26(27)20-15-29(2)22-10-5-3-8-18(20)22;1-28(2)12-7-13-29-16-20(18-9-4-6-11-22(18)29)26-24(31)14-23(30)25(26)19-15-27-21-10-5-3-8-17(19)21/h3-6,8-11,15-16H,1,7,12-14,28H2,2H3;3-6,8-11,15-16,27H,7,12-14H2,1-2H3. The van der Waals surface area contributed by atoms with Gasteiger partial charge in [-0.3, -0.25) is 19.2 Å². The summed E-state index contributed by atoms with van der Waals surface area (Å²) < 4.78 is 6.40. The van der Waals surface area contributed by atoms with Gasteiger partial charge in [0.15, 0.2) is 23.1 Å². The minimum atomic E-state index is -0.110. The maximum Gasteiger partial charge on any atom is 0.172 e. The van der Waals surface area contributed by atoms with E-state index in [9.17, 15) is 19.2 Å². The van der Waals surface area contributed by atoms with Crippen molar-refractivity contribution in [2.75, 3.05) is 26.4 Å². The van der Waals surface area contributed by atoms with Crippen LogP contribution in [0.5, 0.6) is 0 Å². The van der Waals surface area contributed by atoms with E-state index in [0.29, 0.717) is 27.3 Å². The Labute approximate surface area is 375 Å². The predicted molar refractivity (Wildman–Crippen MR) is 262 cm³/mol. The number of carbonyl (C=O) groups is 4. The lowest BCUT2D eigenvalue weighted by Crippen LogP contribution is -2.14. The van der Waals surface area contributed by atoms with Crippen molar-refractivity contribution in [1.82, 2.24) is 23.6 Å². The number of aromatic nitrogens is 4. The SMILES string of the molecule is C=C(N)SCCCn1cc(C2=C(c3cn(C)c4ccccc34)C(=O)CC2=O)c2ccccc21.CN(C)CCCn1cc(C2=C(c3c[nH]c4ccccc34)C(=O)CC2=O)c2ccccc21. The van der Waals surface area contributed by atoms with Crippen LogP contribution in [0.1, 0.15) is 47.9 Å². The number of H-pyrrole nitrogens is 1. The van der Waals surface area contributed by atoms with Gasteiger partial charge in [-0.2, -0.15) is 0 Å². The highest BCUT2D eigenvalue weighted by atomic mass is 32.2. The molecule has 0 unspecified atom stereocenters. The fourth-order valence-electron chi connectivity index (χ4n) is 9.42. The summed E-state index contributed by atoms with van der Waals surface area (Å²) in [7, 11) is 6.10. The van der Waals surface area contributed by atoms with Crippen LogP contribution >= 0.6 is 11.8 Å². The van der Waals surface area contributed by atoms with Crippen molar-refractivity contribution in [3.63, 3.8) is 0 Å². The number of hydrogen-bond acceptors (Lipinski definition) is 7. The number of hydrogen-bond donors (Lipinski definition) is 2. The number of allylic oxidation sites excluding steroid dienone is 4. The maximum atomic E-state index is 13.2. The summed E-state index contributed by atoms with van der Waals surface area (Å²) in [6.07, 6.45) is 9.68. The van der Waals surface area contributed by atoms with E-state index in [1.54, 1.807) is 11.8 Å². The Morgan fingerprint density at radius 1 is 0.609 bits per heavy atom. The van der Waals surface area contributed by atoms with E-state index in [-0.39, 0.29) is 36.0 Å². The molecule has 322 valence electrons. The van der Waals surface area contributed by atoms with Crippen molar-refractivity contribution in [3.8, 4) is 0 Å². The molecule has 0 saturated heterocycles. The molecule has 4 heterocycles. The molecule has 3 N–H and O–H groups in total. The van der Waals surface area contributed by atoms with Crippen LogP contribution in [0.3, 0.4) is 0 Å². The van der Waals surface area contributed by atoms with Gasteiger partial charge in [-0.25, -0.2) is 0 Å². The first-order valence-corrected chi connectivity index (χ1v) is 22.6. The van der Waals surface area contributed by atoms with Crippen LogP contribution in [0.25, 0.3) is 65.9 Å². The molecule has 0 aliphatic heterocycles. The first-order chi connectivity index (χ1) is 31.0. The Kier molecular flexibility index (Phi) is 11.7. The van der Waals surface area contributed by atoms with Gasteiger partial charge in [0, 0.05) is 139 Å². The lowest BCUT2D eigenvalue weighted by atomic mass is 9.95. The van der Waals surface area contributed by atoms with Crippen molar-refractivity contribution >= 4 is 101 Å². The number of para-hydroxylation sites is 4. The fourth-order valence-corrected chi connectivity index (χ4v) is 9.95. The lowest BCUT2D eigenvalue weighted by Gasteiger charge is -2.10. The number of aromatic amines is 1. The van der Waals surface area contributed by atoms with Gasteiger partial charge in [-0.05, 0) is 57.7 Å². The van der Waals surface area contributed by atoms with E-state index in [2.05, 4.69) is 58.0 Å². The summed E-state index contributed by atoms with van der Waals surface area (Å²) in [5.74, 6) is 0.455. The number of fused-ring (bicyclic) bond motifs is 4. The van der Waals surface area contributed by atoms with Crippen molar-refractivity contribution in [2.45, 2.75) is 38.8 Å². The molecule has 2 aliphatic rings. The van der Waals surface area contributed by atoms with Crippen LogP contribution in [-0.2, 0) is 39.3 Å². The molecule has 0 bridgehead atoms. The van der Waals surface area contributed by atoms with Gasteiger partial charge in [0.2, 0.25) is 0 Å². The minimum absolute atomic E-state index is 0.0652. The summed E-state index contributed by atoms with van der Waals surface area (Å²) >= 11 is 1.55. The second-order valence-corrected chi connectivity index (χ2v) is 18.0. The smallest absolute Gasteiger partial charge is 0.172 e. The highest BCUT2D eigenvalue weighted by Gasteiger charge is 2.36. The molecule has 8 aromatic rings. The van der Waals surface area contributed by atoms with E-state index >= 15 is 0 Å². The third kappa shape index (κ3) is 7.86. The fraction of sp³-hybridized carbons (Fsp3) is 0.208. The van der Waals surface area contributed by atoms with Crippen LogP contribution < -0.4 is 5.73 Å². The number of nitrogens with two attached hydrogens (primary N) is 1. The van der Waals surface area contributed by atoms with Crippen molar-refractivity contribution < 1.29 is 19.2 Å². The molecule has 0 radical (unpaired) electrons. The zero-order valence-electron chi connectivity index (χ0n) is 36.3. The summed E-state index contributed by atoms with van der Waals surface area (Å²) in [4.78, 5) is 57.8. The van der Waals surface area contributed by atoms with Crippen molar-refractivity contribution in [2.24, 2.45) is 12.8 Å². The van der Waals surface area contributed by atoms with E-state index in [0.717, 1.165) is 104 Å². The first kappa shape index (κ1) is 42.4. The molecule has 10 rings (SSSR count). The third-order valence-corrected chi connectivity index (χ3v) is 13.1. The molecule has 64 heavy (non-hydrogen) atoms. The number of Topliss-reactive ketones (excluding diaryl/α,β-unsaturated/α-hetero) is 4. The van der Waals surface area contributed by atoms with Gasteiger partial charge in [-0.15, -0.1) is 11.8 Å². The molecule has 2 aliphatic carbocycles. The van der Waals surface area contributed by atoms with Crippen LogP contribution in [0, 0.1) is 0 Å². The average molecular weight is 867 g/mol. The minimum Gasteiger partial charge on any atom is -0.394 e. The largest absolute Gasteiger partial charge is 0.394 e. The Hall–Kier alpha value is -6.95. The molecular weight excluding hydrogens is 817 g/mol. The van der Waals surface area contributed by atoms with Crippen LogP contribution in [0.2, 0.25) is 0 Å². The van der Waals surface area contributed by atoms with Gasteiger partial charge in [0.25, 0.3) is 0 Å². The molecule has 0 amide bonds. The molecular formula is C53H50N6O4S. The molecule has 0 spiro atoms. The number of thioether (sulfide) groups is 1. The Morgan fingerprint density at radius 3 is 1.58 bits per heavy atom. The molecule has 11 heteroatoms. The number of nitrogens with zero attached hydrogens (tertiary/aromatic N) is 4. The normalized spacial score (nSPS) is 14.4. The van der Waals surface area contributed by atoms with Crippen molar-refractivity contribution in [1.29, 1.82) is 0 Å². The van der Waals surface area contributed by atoms with Gasteiger partial charge in [0.05, 0.1) is 17.9 Å². The molecule has 0 saturated carbocycles. The van der Waals surface area contributed by atoms with Gasteiger partial charge in [0.1, 0.15) is 0 Å². The van der Waals surface area contributed by atoms with Crippen LogP contribution in [0.4, 0.5) is 0 Å². The summed E-state index contributed by atoms with van der Waals surface area (Å²) in [5, 5.41) is 4.58. The second-order valence-electron chi connectivity index (χ2n) is 16.8. The number of benzene rings is 4. The zero-order valence-corrected chi connectivity index (χ0v) is 37.1. The van der Waals surface area contributed by atoms with E-state index in [4.69, 9.17) is 5.73 Å². The van der Waals surface area contributed by atoms with E-state index in [1.165, 1.54) is 0 Å². The summed E-state index contributed by atoms with van der Waals surface area (Å²) in [6.45, 7) is 6.38. The monoisotopic (exact) mass is 866 g/mol.